The number of carbonyl (C=O) groups is 1. The first-order valence-corrected chi connectivity index (χ1v) is 6.14. The Kier molecular flexibility index (Phi) is 5.81. The fraction of sp³-hybridized carbons (Fsp3) is 0.500. The summed E-state index contributed by atoms with van der Waals surface area (Å²) >= 11 is 0. The number of ketones is 1. The number of hydrogen-bond acceptors (Lipinski definition) is 1. The van der Waals surface area contributed by atoms with E-state index >= 15 is 0 Å². The van der Waals surface area contributed by atoms with Crippen LogP contribution in [-0.4, -0.2) is 5.78 Å². The second kappa shape index (κ2) is 7.15. The highest BCUT2D eigenvalue weighted by atomic mass is 19.1. The largest absolute Gasteiger partial charge is 0.294 e. The van der Waals surface area contributed by atoms with Crippen LogP contribution in [0, 0.1) is 11.6 Å². The Morgan fingerprint density at radius 1 is 1.06 bits per heavy atom. The van der Waals surface area contributed by atoms with Gasteiger partial charge in [0.15, 0.2) is 5.78 Å². The Bertz CT molecular complexity index is 354. The van der Waals surface area contributed by atoms with Gasteiger partial charge in [0, 0.05) is 6.42 Å². The number of rotatable bonds is 7. The van der Waals surface area contributed by atoms with E-state index in [9.17, 15) is 13.6 Å². The summed E-state index contributed by atoms with van der Waals surface area (Å²) in [7, 11) is 0. The van der Waals surface area contributed by atoms with E-state index in [2.05, 4.69) is 6.92 Å². The summed E-state index contributed by atoms with van der Waals surface area (Å²) in [6.07, 6.45) is 5.21. The van der Waals surface area contributed by atoms with Crippen LogP contribution in [0.2, 0.25) is 0 Å². The van der Waals surface area contributed by atoms with Crippen LogP contribution < -0.4 is 0 Å². The molecule has 0 saturated heterocycles. The molecule has 0 aromatic heterocycles. The Balaban J connectivity index is 2.47. The van der Waals surface area contributed by atoms with Gasteiger partial charge in [-0.15, -0.1) is 0 Å². The minimum absolute atomic E-state index is 0.224. The SMILES string of the molecule is CCCCCCCC(=O)c1c(F)cccc1F. The molecule has 17 heavy (non-hydrogen) atoms. The quantitative estimate of drug-likeness (QED) is 0.506. The van der Waals surface area contributed by atoms with Gasteiger partial charge >= 0.3 is 0 Å². The van der Waals surface area contributed by atoms with Crippen LogP contribution in [0.1, 0.15) is 55.8 Å². The molecular weight excluding hydrogens is 222 g/mol. The molecular formula is C14H18F2O. The Hall–Kier alpha value is -1.25. The summed E-state index contributed by atoms with van der Waals surface area (Å²) in [5, 5.41) is 0. The molecule has 1 aromatic rings. The second-order valence-electron chi connectivity index (χ2n) is 4.18. The van der Waals surface area contributed by atoms with Gasteiger partial charge in [-0.05, 0) is 18.6 Å². The van der Waals surface area contributed by atoms with Gasteiger partial charge in [0.05, 0.1) is 5.56 Å². The lowest BCUT2D eigenvalue weighted by Gasteiger charge is -2.04. The highest BCUT2D eigenvalue weighted by molar-refractivity contribution is 5.96. The Morgan fingerprint density at radius 2 is 1.65 bits per heavy atom. The van der Waals surface area contributed by atoms with Gasteiger partial charge in [0.2, 0.25) is 0 Å². The molecule has 0 unspecified atom stereocenters. The Labute approximate surface area is 101 Å². The summed E-state index contributed by atoms with van der Waals surface area (Å²) in [5.74, 6) is -1.95. The predicted octanol–water partition coefficient (Wildman–Crippen LogP) is 4.51. The molecule has 0 aliphatic heterocycles. The monoisotopic (exact) mass is 240 g/mol. The fourth-order valence-electron chi connectivity index (χ4n) is 1.78. The van der Waals surface area contributed by atoms with Gasteiger partial charge in [-0.3, -0.25) is 4.79 Å². The summed E-state index contributed by atoms with van der Waals surface area (Å²) < 4.78 is 26.5. The summed E-state index contributed by atoms with van der Waals surface area (Å²) in [4.78, 5) is 11.6. The normalized spacial score (nSPS) is 10.5. The van der Waals surface area contributed by atoms with E-state index in [0.717, 1.165) is 37.8 Å². The van der Waals surface area contributed by atoms with Crippen LogP contribution in [0.5, 0.6) is 0 Å². The molecule has 0 radical (unpaired) electrons. The molecule has 0 fully saturated rings. The topological polar surface area (TPSA) is 17.1 Å². The predicted molar refractivity (Wildman–Crippen MR) is 64.1 cm³/mol. The molecule has 0 atom stereocenters. The van der Waals surface area contributed by atoms with E-state index in [1.165, 1.54) is 6.07 Å². The van der Waals surface area contributed by atoms with Crippen molar-refractivity contribution in [1.82, 2.24) is 0 Å². The van der Waals surface area contributed by atoms with Gasteiger partial charge in [0.1, 0.15) is 11.6 Å². The van der Waals surface area contributed by atoms with Crippen molar-refractivity contribution >= 4 is 5.78 Å². The third-order valence-electron chi connectivity index (χ3n) is 2.75. The van der Waals surface area contributed by atoms with Crippen LogP contribution in [0.25, 0.3) is 0 Å². The molecule has 1 nitrogen and oxygen atoms in total. The Morgan fingerprint density at radius 3 is 2.24 bits per heavy atom. The average Bonchev–Trinajstić information content (AvgIpc) is 2.28. The van der Waals surface area contributed by atoms with Crippen LogP contribution in [-0.2, 0) is 0 Å². The molecule has 1 rings (SSSR count). The molecule has 0 N–H and O–H groups in total. The minimum Gasteiger partial charge on any atom is -0.294 e. The van der Waals surface area contributed by atoms with E-state index < -0.39 is 17.4 Å². The molecule has 0 saturated carbocycles. The minimum atomic E-state index is -0.761. The van der Waals surface area contributed by atoms with E-state index in [1.54, 1.807) is 0 Å². The van der Waals surface area contributed by atoms with E-state index in [4.69, 9.17) is 0 Å². The molecule has 0 aliphatic rings. The van der Waals surface area contributed by atoms with Crippen molar-refractivity contribution in [3.8, 4) is 0 Å². The summed E-state index contributed by atoms with van der Waals surface area (Å²) in [6.45, 7) is 2.11. The van der Waals surface area contributed by atoms with Gasteiger partial charge in [-0.2, -0.15) is 0 Å². The van der Waals surface area contributed by atoms with Gasteiger partial charge < -0.3 is 0 Å². The zero-order chi connectivity index (χ0) is 12.7. The third kappa shape index (κ3) is 4.25. The molecule has 0 aliphatic carbocycles. The molecule has 3 heteroatoms. The van der Waals surface area contributed by atoms with Crippen molar-refractivity contribution < 1.29 is 13.6 Å². The highest BCUT2D eigenvalue weighted by Crippen LogP contribution is 2.16. The average molecular weight is 240 g/mol. The lowest BCUT2D eigenvalue weighted by Crippen LogP contribution is -2.05. The maximum absolute atomic E-state index is 13.3. The number of benzene rings is 1. The molecule has 0 bridgehead atoms. The molecule has 1 aromatic carbocycles. The van der Waals surface area contributed by atoms with Gasteiger partial charge in [-0.1, -0.05) is 38.7 Å². The number of halogens is 2. The van der Waals surface area contributed by atoms with Crippen molar-refractivity contribution in [3.63, 3.8) is 0 Å². The molecule has 94 valence electrons. The van der Waals surface area contributed by atoms with Crippen molar-refractivity contribution in [3.05, 3.63) is 35.4 Å². The lowest BCUT2D eigenvalue weighted by atomic mass is 10.0. The summed E-state index contributed by atoms with van der Waals surface area (Å²) in [5.41, 5.74) is -0.386. The maximum atomic E-state index is 13.3. The number of unbranched alkanes of at least 4 members (excludes halogenated alkanes) is 4. The van der Waals surface area contributed by atoms with E-state index in [1.807, 2.05) is 0 Å². The second-order valence-corrected chi connectivity index (χ2v) is 4.18. The first-order chi connectivity index (χ1) is 8.16. The van der Waals surface area contributed by atoms with Crippen molar-refractivity contribution in [1.29, 1.82) is 0 Å². The van der Waals surface area contributed by atoms with Crippen molar-refractivity contribution in [2.75, 3.05) is 0 Å². The fourth-order valence-corrected chi connectivity index (χ4v) is 1.78. The number of hydrogen-bond donors (Lipinski definition) is 0. The smallest absolute Gasteiger partial charge is 0.168 e. The van der Waals surface area contributed by atoms with Gasteiger partial charge in [-0.25, -0.2) is 8.78 Å². The van der Waals surface area contributed by atoms with Crippen LogP contribution in [0.3, 0.4) is 0 Å². The highest BCUT2D eigenvalue weighted by Gasteiger charge is 2.15. The van der Waals surface area contributed by atoms with Crippen molar-refractivity contribution in [2.24, 2.45) is 0 Å². The summed E-state index contributed by atoms with van der Waals surface area (Å²) in [6, 6.07) is 3.50. The zero-order valence-corrected chi connectivity index (χ0v) is 10.1. The number of carbonyl (C=O) groups excluding carboxylic acids is 1. The standard InChI is InChI=1S/C14H18F2O/c1-2-3-4-5-6-10-13(17)14-11(15)8-7-9-12(14)16/h7-9H,2-6,10H2,1H3. The van der Waals surface area contributed by atoms with Gasteiger partial charge in [0.25, 0.3) is 0 Å². The van der Waals surface area contributed by atoms with E-state index in [-0.39, 0.29) is 12.0 Å². The molecule has 0 heterocycles. The zero-order valence-electron chi connectivity index (χ0n) is 10.1. The van der Waals surface area contributed by atoms with Crippen molar-refractivity contribution in [2.45, 2.75) is 45.4 Å². The van der Waals surface area contributed by atoms with Crippen LogP contribution >= 0.6 is 0 Å². The van der Waals surface area contributed by atoms with Crippen LogP contribution in [0.15, 0.2) is 18.2 Å². The van der Waals surface area contributed by atoms with Crippen LogP contribution in [0.4, 0.5) is 8.78 Å². The molecule has 0 spiro atoms. The lowest BCUT2D eigenvalue weighted by molar-refractivity contribution is 0.0971. The third-order valence-corrected chi connectivity index (χ3v) is 2.75. The first kappa shape index (κ1) is 13.8. The first-order valence-electron chi connectivity index (χ1n) is 6.14. The van der Waals surface area contributed by atoms with E-state index in [0.29, 0.717) is 6.42 Å². The molecule has 0 amide bonds. The number of Topliss-reactive ketones (excluding diaryl/α,β-unsaturated/α-hetero) is 1. The maximum Gasteiger partial charge on any atom is 0.168 e.